The molecule has 1 aromatic carbocycles. The summed E-state index contributed by atoms with van der Waals surface area (Å²) in [5.74, 6) is 0. The second-order valence-electron chi connectivity index (χ2n) is 3.07. The molecule has 0 radical (unpaired) electrons. The molecule has 0 aliphatic rings. The quantitative estimate of drug-likeness (QED) is 0.256. The highest BCUT2D eigenvalue weighted by atomic mass is 14.7. The van der Waals surface area contributed by atoms with E-state index < -0.39 is 0 Å². The Balaban J connectivity index is -0.0000000151. The van der Waals surface area contributed by atoms with Crippen LogP contribution in [0.2, 0.25) is 0 Å². The van der Waals surface area contributed by atoms with Crippen molar-refractivity contribution in [2.24, 2.45) is 0 Å². The molecule has 0 amide bonds. The molecule has 0 N–H and O–H groups in total. The first-order chi connectivity index (χ1) is 18.0. The molecule has 0 saturated carbocycles. The van der Waals surface area contributed by atoms with Gasteiger partial charge >= 0.3 is 0 Å². The minimum atomic E-state index is 0. The maximum Gasteiger partial charge on any atom is 0.0451 e. The third kappa shape index (κ3) is 208. The van der Waals surface area contributed by atoms with E-state index in [0.29, 0.717) is 0 Å². The number of nitrogens with zero attached hydrogens (tertiary/aromatic N) is 3. The molecule has 0 aliphatic carbocycles. The van der Waals surface area contributed by atoms with Gasteiger partial charge in [-0.25, -0.2) is 0 Å². The molecule has 264 valence electrons. The van der Waals surface area contributed by atoms with Gasteiger partial charge in [-0.15, -0.1) is 0 Å². The van der Waals surface area contributed by atoms with Crippen molar-refractivity contribution < 1.29 is 0 Å². The molecule has 0 saturated heterocycles. The molecule has 3 nitrogen and oxygen atoms in total. The molecular weight excluding hydrogens is 510 g/mol. The number of hydrogen-bond acceptors (Lipinski definition) is 3. The van der Waals surface area contributed by atoms with E-state index >= 15 is 0 Å². The van der Waals surface area contributed by atoms with Crippen LogP contribution in [0.4, 0.5) is 0 Å². The number of aromatic nitrogens is 3. The first kappa shape index (κ1) is 97.6. The molecule has 0 unspecified atom stereocenters. The van der Waals surface area contributed by atoms with Crippen LogP contribution >= 0.6 is 0 Å². The van der Waals surface area contributed by atoms with E-state index in [1.54, 1.807) is 37.2 Å². The topological polar surface area (TPSA) is 38.7 Å². The predicted molar refractivity (Wildman–Crippen MR) is 215 cm³/mol. The summed E-state index contributed by atoms with van der Waals surface area (Å²) < 4.78 is 0. The highest BCUT2D eigenvalue weighted by Crippen LogP contribution is 1.80. The molecule has 42 heavy (non-hydrogen) atoms. The van der Waals surface area contributed by atoms with Crippen LogP contribution in [0.25, 0.3) is 0 Å². The number of rotatable bonds is 0. The molecule has 2 aromatic heterocycles. The van der Waals surface area contributed by atoms with Crippen LogP contribution in [0.1, 0.15) is 169 Å². The van der Waals surface area contributed by atoms with Crippen molar-refractivity contribution in [1.82, 2.24) is 15.0 Å². The van der Waals surface area contributed by atoms with E-state index in [-0.39, 0.29) is 44.6 Å². The van der Waals surface area contributed by atoms with Gasteiger partial charge in [0.15, 0.2) is 0 Å². The summed E-state index contributed by atoms with van der Waals surface area (Å²) in [4.78, 5) is 11.2. The van der Waals surface area contributed by atoms with Crippen LogP contribution in [0.3, 0.4) is 0 Å². The fraction of sp³-hybridized carbons (Fsp3) is 0.615. The zero-order chi connectivity index (χ0) is 30.7. The lowest BCUT2D eigenvalue weighted by Gasteiger charge is -1.70. The minimum Gasteiger partial charge on any atom is -0.265 e. The van der Waals surface area contributed by atoms with Gasteiger partial charge in [0.05, 0.1) is 0 Å². The Morgan fingerprint density at radius 1 is 0.190 bits per heavy atom. The summed E-state index contributed by atoms with van der Waals surface area (Å²) in [5, 5.41) is 0. The molecule has 3 rings (SSSR count). The van der Waals surface area contributed by atoms with Crippen LogP contribution in [0.5, 0.6) is 0 Å². The van der Waals surface area contributed by atoms with E-state index in [0.717, 1.165) is 0 Å². The third-order valence-electron chi connectivity index (χ3n) is 1.71. The summed E-state index contributed by atoms with van der Waals surface area (Å²) in [5.41, 5.74) is 0. The van der Waals surface area contributed by atoms with Gasteiger partial charge in [0.1, 0.15) is 0 Å². The lowest BCUT2D eigenvalue weighted by Crippen LogP contribution is -1.66. The van der Waals surface area contributed by atoms with Gasteiger partial charge in [-0.05, 0) is 12.1 Å². The van der Waals surface area contributed by atoms with Gasteiger partial charge in [0.2, 0.25) is 0 Å². The maximum absolute atomic E-state index is 3.78. The van der Waals surface area contributed by atoms with Crippen molar-refractivity contribution in [3.63, 3.8) is 0 Å². The number of benzene rings is 1. The Morgan fingerprint density at radius 3 is 0.381 bits per heavy atom. The standard InChI is InChI=1S/C6H6.C5H5N.C4H4N2.9C2H6.6CH4/c2*1-2-4-6-5-3-1;1-2-6-4-3-5-1;9*1-2;;;;;;/h1-6H;1-5H;1-4H;9*1-2H3;6*1H4. The monoisotopic (exact) mass is 604 g/mol. The van der Waals surface area contributed by atoms with E-state index in [9.17, 15) is 0 Å². The zero-order valence-corrected chi connectivity index (χ0v) is 28.0. The molecule has 0 fully saturated rings. The van der Waals surface area contributed by atoms with Gasteiger partial charge in [0.25, 0.3) is 0 Å². The molecule has 0 atom stereocenters. The van der Waals surface area contributed by atoms with Crippen LogP contribution in [0, 0.1) is 0 Å². The van der Waals surface area contributed by atoms with Crippen LogP contribution in [0.15, 0.2) is 91.8 Å². The predicted octanol–water partition coefficient (Wildman–Crippen LogP) is 16.3. The first-order valence-corrected chi connectivity index (χ1v) is 14.5. The molecule has 0 aliphatic heterocycles. The minimum absolute atomic E-state index is 0. The zero-order valence-electron chi connectivity index (χ0n) is 28.0. The Hall–Kier alpha value is -2.55. The first-order valence-electron chi connectivity index (χ1n) is 14.5. The van der Waals surface area contributed by atoms with Crippen molar-refractivity contribution in [3.05, 3.63) is 91.8 Å². The molecule has 2 heterocycles. The average molecular weight is 604 g/mol. The van der Waals surface area contributed by atoms with Crippen molar-refractivity contribution >= 4 is 0 Å². The van der Waals surface area contributed by atoms with E-state index in [1.807, 2.05) is 179 Å². The smallest absolute Gasteiger partial charge is 0.0451 e. The summed E-state index contributed by atoms with van der Waals surface area (Å²) in [7, 11) is 0. The second kappa shape index (κ2) is 226. The van der Waals surface area contributed by atoms with Crippen molar-refractivity contribution in [2.75, 3.05) is 0 Å². The summed E-state index contributed by atoms with van der Waals surface area (Å²) in [6.07, 6.45) is 10.1. The van der Waals surface area contributed by atoms with Gasteiger partial charge in [-0.3, -0.25) is 15.0 Å². The molecular formula is C39H93N3. The maximum atomic E-state index is 3.78. The third-order valence-corrected chi connectivity index (χ3v) is 1.71. The normalized spacial score (nSPS) is 4.71. The lowest BCUT2D eigenvalue weighted by atomic mass is 10.4. The molecule has 0 spiro atoms. The van der Waals surface area contributed by atoms with E-state index in [2.05, 4.69) is 15.0 Å². The Bertz CT molecular complexity index is 306. The van der Waals surface area contributed by atoms with Crippen LogP contribution in [-0.2, 0) is 0 Å². The highest BCUT2D eigenvalue weighted by molar-refractivity contribution is 4.99. The van der Waals surface area contributed by atoms with Crippen LogP contribution in [-0.4, -0.2) is 15.0 Å². The van der Waals surface area contributed by atoms with Crippen molar-refractivity contribution in [1.29, 1.82) is 0 Å². The lowest BCUT2D eigenvalue weighted by molar-refractivity contribution is 1.20. The summed E-state index contributed by atoms with van der Waals surface area (Å²) in [6, 6.07) is 17.7. The highest BCUT2D eigenvalue weighted by Gasteiger charge is 1.59. The fourth-order valence-electron chi connectivity index (χ4n) is 0.951. The molecule has 0 bridgehead atoms. The summed E-state index contributed by atoms with van der Waals surface area (Å²) >= 11 is 0. The molecule has 3 heteroatoms. The van der Waals surface area contributed by atoms with E-state index in [4.69, 9.17) is 0 Å². The Morgan fingerprint density at radius 2 is 0.310 bits per heavy atom. The van der Waals surface area contributed by atoms with Crippen molar-refractivity contribution in [2.45, 2.75) is 169 Å². The van der Waals surface area contributed by atoms with Crippen LogP contribution < -0.4 is 0 Å². The van der Waals surface area contributed by atoms with Crippen molar-refractivity contribution in [3.8, 4) is 0 Å². The Labute approximate surface area is 275 Å². The van der Waals surface area contributed by atoms with Gasteiger partial charge in [0, 0.05) is 37.2 Å². The summed E-state index contributed by atoms with van der Waals surface area (Å²) in [6.45, 7) is 36.0. The van der Waals surface area contributed by atoms with Gasteiger partial charge < -0.3 is 0 Å². The van der Waals surface area contributed by atoms with E-state index in [1.165, 1.54) is 0 Å². The fourth-order valence-corrected chi connectivity index (χ4v) is 0.951. The average Bonchev–Trinajstić information content (AvgIpc) is 3.09. The van der Waals surface area contributed by atoms with Gasteiger partial charge in [-0.2, -0.15) is 0 Å². The molecule has 3 aromatic rings. The number of hydrogen-bond donors (Lipinski definition) is 0. The second-order valence-corrected chi connectivity index (χ2v) is 3.07. The number of pyridine rings is 1. The SMILES string of the molecule is C.C.C.C.C.C.CC.CC.CC.CC.CC.CC.CC.CC.CC.c1ccccc1.c1ccncc1.c1cnccn1. The largest absolute Gasteiger partial charge is 0.265 e. The van der Waals surface area contributed by atoms with Gasteiger partial charge in [-0.1, -0.05) is 212 Å². The Kier molecular flexibility index (Phi) is 525.